The van der Waals surface area contributed by atoms with Gasteiger partial charge in [0.2, 0.25) is 0 Å². The Labute approximate surface area is 117 Å². The Morgan fingerprint density at radius 1 is 1.25 bits per heavy atom. The van der Waals surface area contributed by atoms with Gasteiger partial charge < -0.3 is 4.90 Å². The highest BCUT2D eigenvalue weighted by atomic mass is 15.3. The highest BCUT2D eigenvalue weighted by molar-refractivity contribution is 5.86. The molecule has 102 valence electrons. The van der Waals surface area contributed by atoms with Gasteiger partial charge in [0.05, 0.1) is 11.6 Å². The van der Waals surface area contributed by atoms with E-state index in [1.54, 1.807) is 11.0 Å². The summed E-state index contributed by atoms with van der Waals surface area (Å²) in [7, 11) is 3.93. The van der Waals surface area contributed by atoms with Crippen LogP contribution in [0, 0.1) is 6.92 Å². The van der Waals surface area contributed by atoms with Crippen molar-refractivity contribution in [1.82, 2.24) is 19.7 Å². The SMILES string of the molecule is Cc1cccc(CN(C)c2ncnc3c2cnn3C)c1. The number of hydrogen-bond acceptors (Lipinski definition) is 4. The van der Waals surface area contributed by atoms with E-state index in [2.05, 4.69) is 51.2 Å². The summed E-state index contributed by atoms with van der Waals surface area (Å²) in [5.74, 6) is 0.907. The fraction of sp³-hybridized carbons (Fsp3) is 0.267. The van der Waals surface area contributed by atoms with E-state index in [4.69, 9.17) is 0 Å². The molecule has 0 atom stereocenters. The van der Waals surface area contributed by atoms with Crippen molar-refractivity contribution >= 4 is 16.9 Å². The molecule has 0 aliphatic rings. The van der Waals surface area contributed by atoms with E-state index < -0.39 is 0 Å². The molecule has 0 saturated carbocycles. The fourth-order valence-electron chi connectivity index (χ4n) is 2.41. The topological polar surface area (TPSA) is 46.8 Å². The number of rotatable bonds is 3. The van der Waals surface area contributed by atoms with Crippen LogP contribution >= 0.6 is 0 Å². The lowest BCUT2D eigenvalue weighted by molar-refractivity contribution is 0.785. The van der Waals surface area contributed by atoms with Gasteiger partial charge in [0, 0.05) is 20.6 Å². The maximum Gasteiger partial charge on any atom is 0.163 e. The zero-order valence-corrected chi connectivity index (χ0v) is 11.9. The van der Waals surface area contributed by atoms with Gasteiger partial charge in [-0.2, -0.15) is 5.10 Å². The predicted molar refractivity (Wildman–Crippen MR) is 79.6 cm³/mol. The quantitative estimate of drug-likeness (QED) is 0.730. The average Bonchev–Trinajstić information content (AvgIpc) is 2.81. The van der Waals surface area contributed by atoms with Crippen molar-refractivity contribution in [3.63, 3.8) is 0 Å². The third-order valence-electron chi connectivity index (χ3n) is 3.37. The predicted octanol–water partition coefficient (Wildman–Crippen LogP) is 2.31. The van der Waals surface area contributed by atoms with Crippen molar-refractivity contribution < 1.29 is 0 Å². The van der Waals surface area contributed by atoms with Gasteiger partial charge in [0.15, 0.2) is 5.65 Å². The molecule has 0 radical (unpaired) electrons. The van der Waals surface area contributed by atoms with E-state index in [9.17, 15) is 0 Å². The van der Waals surface area contributed by atoms with Gasteiger partial charge in [0.1, 0.15) is 12.1 Å². The Bertz CT molecular complexity index is 747. The molecule has 0 spiro atoms. The van der Waals surface area contributed by atoms with Crippen molar-refractivity contribution in [3.8, 4) is 0 Å². The van der Waals surface area contributed by atoms with Crippen molar-refractivity contribution in [2.75, 3.05) is 11.9 Å². The van der Waals surface area contributed by atoms with Crippen LogP contribution in [0.3, 0.4) is 0 Å². The van der Waals surface area contributed by atoms with Gasteiger partial charge in [0.25, 0.3) is 0 Å². The molecular formula is C15H17N5. The molecule has 3 aromatic rings. The van der Waals surface area contributed by atoms with Crippen LogP contribution in [0.2, 0.25) is 0 Å². The van der Waals surface area contributed by atoms with Crippen molar-refractivity contribution in [1.29, 1.82) is 0 Å². The van der Waals surface area contributed by atoms with E-state index in [1.807, 2.05) is 20.3 Å². The highest BCUT2D eigenvalue weighted by Crippen LogP contribution is 2.22. The summed E-state index contributed by atoms with van der Waals surface area (Å²) >= 11 is 0. The molecule has 2 heterocycles. The molecule has 0 bridgehead atoms. The van der Waals surface area contributed by atoms with E-state index in [1.165, 1.54) is 11.1 Å². The van der Waals surface area contributed by atoms with E-state index in [-0.39, 0.29) is 0 Å². The second-order valence-electron chi connectivity index (χ2n) is 5.05. The third kappa shape index (κ3) is 2.22. The number of benzene rings is 1. The van der Waals surface area contributed by atoms with Gasteiger partial charge in [-0.3, -0.25) is 4.68 Å². The van der Waals surface area contributed by atoms with Crippen LogP contribution in [-0.2, 0) is 13.6 Å². The number of anilines is 1. The molecule has 0 N–H and O–H groups in total. The van der Waals surface area contributed by atoms with Gasteiger partial charge in [-0.25, -0.2) is 9.97 Å². The molecule has 1 aromatic carbocycles. The Morgan fingerprint density at radius 2 is 2.10 bits per heavy atom. The first-order valence-electron chi connectivity index (χ1n) is 6.54. The summed E-state index contributed by atoms with van der Waals surface area (Å²) in [6, 6.07) is 8.51. The lowest BCUT2D eigenvalue weighted by atomic mass is 10.1. The summed E-state index contributed by atoms with van der Waals surface area (Å²) in [5, 5.41) is 5.22. The number of hydrogen-bond donors (Lipinski definition) is 0. The molecule has 5 heteroatoms. The zero-order chi connectivity index (χ0) is 14.1. The molecule has 0 unspecified atom stereocenters. The van der Waals surface area contributed by atoms with Gasteiger partial charge >= 0.3 is 0 Å². The number of nitrogens with zero attached hydrogens (tertiary/aromatic N) is 5. The summed E-state index contributed by atoms with van der Waals surface area (Å²) < 4.78 is 1.76. The first-order valence-corrected chi connectivity index (χ1v) is 6.54. The lowest BCUT2D eigenvalue weighted by Crippen LogP contribution is -2.18. The van der Waals surface area contributed by atoms with Gasteiger partial charge in [-0.1, -0.05) is 29.8 Å². The smallest absolute Gasteiger partial charge is 0.163 e. The first-order chi connectivity index (χ1) is 9.65. The molecule has 0 fully saturated rings. The van der Waals surface area contributed by atoms with Crippen molar-refractivity contribution in [3.05, 3.63) is 47.9 Å². The average molecular weight is 267 g/mol. The van der Waals surface area contributed by atoms with Crippen LogP contribution in [0.25, 0.3) is 11.0 Å². The molecular weight excluding hydrogens is 250 g/mol. The van der Waals surface area contributed by atoms with Crippen LogP contribution < -0.4 is 4.90 Å². The van der Waals surface area contributed by atoms with Crippen LogP contribution in [0.1, 0.15) is 11.1 Å². The molecule has 0 aliphatic carbocycles. The number of aromatic nitrogens is 4. The van der Waals surface area contributed by atoms with Crippen LogP contribution in [0.15, 0.2) is 36.8 Å². The molecule has 2 aromatic heterocycles. The molecule has 5 nitrogen and oxygen atoms in total. The number of fused-ring (bicyclic) bond motifs is 1. The van der Waals surface area contributed by atoms with E-state index in [0.717, 1.165) is 23.4 Å². The zero-order valence-electron chi connectivity index (χ0n) is 11.9. The minimum Gasteiger partial charge on any atom is -0.355 e. The monoisotopic (exact) mass is 267 g/mol. The van der Waals surface area contributed by atoms with Gasteiger partial charge in [-0.05, 0) is 12.5 Å². The summed E-state index contributed by atoms with van der Waals surface area (Å²) in [4.78, 5) is 10.8. The van der Waals surface area contributed by atoms with Crippen LogP contribution in [0.4, 0.5) is 5.82 Å². The number of aryl methyl sites for hydroxylation is 2. The van der Waals surface area contributed by atoms with Crippen LogP contribution in [0.5, 0.6) is 0 Å². The molecule has 3 rings (SSSR count). The maximum absolute atomic E-state index is 4.40. The normalized spacial score (nSPS) is 10.9. The minimum atomic E-state index is 0.808. The molecule has 20 heavy (non-hydrogen) atoms. The fourth-order valence-corrected chi connectivity index (χ4v) is 2.41. The highest BCUT2D eigenvalue weighted by Gasteiger charge is 2.11. The second-order valence-corrected chi connectivity index (χ2v) is 5.05. The van der Waals surface area contributed by atoms with Crippen molar-refractivity contribution in [2.45, 2.75) is 13.5 Å². The molecule has 0 amide bonds. The Kier molecular flexibility index (Phi) is 3.10. The summed E-state index contributed by atoms with van der Waals surface area (Å²) in [6.07, 6.45) is 3.41. The van der Waals surface area contributed by atoms with Gasteiger partial charge in [-0.15, -0.1) is 0 Å². The standard InChI is InChI=1S/C15H17N5/c1-11-5-4-6-12(7-11)9-19(2)14-13-8-18-20(3)15(13)17-10-16-14/h4-8,10H,9H2,1-3H3. The Morgan fingerprint density at radius 3 is 2.90 bits per heavy atom. The van der Waals surface area contributed by atoms with Crippen LogP contribution in [-0.4, -0.2) is 26.8 Å². The Balaban J connectivity index is 1.94. The lowest BCUT2D eigenvalue weighted by Gasteiger charge is -2.18. The molecule has 0 aliphatic heterocycles. The molecule has 0 saturated heterocycles. The first kappa shape index (κ1) is 12.6. The van der Waals surface area contributed by atoms with E-state index >= 15 is 0 Å². The minimum absolute atomic E-state index is 0.808. The largest absolute Gasteiger partial charge is 0.355 e. The summed E-state index contributed by atoms with van der Waals surface area (Å²) in [5.41, 5.74) is 3.39. The maximum atomic E-state index is 4.40. The summed E-state index contributed by atoms with van der Waals surface area (Å²) in [6.45, 7) is 2.91. The second kappa shape index (κ2) is 4.92. The Hall–Kier alpha value is -2.43. The van der Waals surface area contributed by atoms with E-state index in [0.29, 0.717) is 0 Å². The third-order valence-corrected chi connectivity index (χ3v) is 3.37. The van der Waals surface area contributed by atoms with Crippen molar-refractivity contribution in [2.24, 2.45) is 7.05 Å².